The van der Waals surface area contributed by atoms with Crippen molar-refractivity contribution in [1.82, 2.24) is 14.5 Å². The van der Waals surface area contributed by atoms with Gasteiger partial charge in [0, 0.05) is 12.2 Å². The molecule has 1 fully saturated rings. The number of carbonyl (C=O) groups excluding carboxylic acids is 1. The standard InChI is InChI=1S/C21H24N4O2/c1-14-11-12-22-19-18(14)24-20(25(19)16-9-6-10-16)23-17(26)13-21(2,27)15-7-4-3-5-8-15/h3-5,7-8,11-12,16,27H,6,9-10,13H2,1-2H3,(H,23,24,26)/t21-/m0/s1. The molecule has 6 heteroatoms. The quantitative estimate of drug-likeness (QED) is 0.723. The van der Waals surface area contributed by atoms with Gasteiger partial charge in [-0.1, -0.05) is 30.3 Å². The number of hydrogen-bond acceptors (Lipinski definition) is 4. The van der Waals surface area contributed by atoms with Crippen molar-refractivity contribution in [2.75, 3.05) is 5.32 Å². The summed E-state index contributed by atoms with van der Waals surface area (Å²) in [6.07, 6.45) is 5.03. The molecule has 4 rings (SSSR count). The summed E-state index contributed by atoms with van der Waals surface area (Å²) in [6.45, 7) is 3.65. The van der Waals surface area contributed by atoms with Crippen LogP contribution in [0, 0.1) is 6.92 Å². The highest BCUT2D eigenvalue weighted by Gasteiger charge is 2.30. The molecule has 2 heterocycles. The predicted octanol–water partition coefficient (Wildman–Crippen LogP) is 3.70. The van der Waals surface area contributed by atoms with E-state index in [2.05, 4.69) is 15.3 Å². The van der Waals surface area contributed by atoms with Gasteiger partial charge in [-0.3, -0.25) is 14.7 Å². The Kier molecular flexibility index (Phi) is 4.44. The number of imidazole rings is 1. The minimum atomic E-state index is -1.24. The molecular weight excluding hydrogens is 340 g/mol. The van der Waals surface area contributed by atoms with E-state index in [0.717, 1.165) is 29.6 Å². The maximum Gasteiger partial charge on any atom is 0.229 e. The molecule has 0 unspecified atom stereocenters. The van der Waals surface area contributed by atoms with E-state index in [-0.39, 0.29) is 12.3 Å². The van der Waals surface area contributed by atoms with Crippen LogP contribution in [-0.2, 0) is 10.4 Å². The summed E-state index contributed by atoms with van der Waals surface area (Å²) in [5, 5.41) is 13.7. The van der Waals surface area contributed by atoms with Gasteiger partial charge in [-0.15, -0.1) is 0 Å². The summed E-state index contributed by atoms with van der Waals surface area (Å²) in [5.41, 5.74) is 2.13. The van der Waals surface area contributed by atoms with Crippen LogP contribution in [0.5, 0.6) is 0 Å². The molecule has 2 aromatic heterocycles. The van der Waals surface area contributed by atoms with Gasteiger partial charge in [-0.05, 0) is 50.3 Å². The minimum absolute atomic E-state index is 0.0443. The highest BCUT2D eigenvalue weighted by molar-refractivity contribution is 5.92. The Bertz CT molecular complexity index is 975. The fourth-order valence-corrected chi connectivity index (χ4v) is 3.57. The number of pyridine rings is 1. The molecule has 1 saturated carbocycles. The molecule has 1 aliphatic rings. The van der Waals surface area contributed by atoms with E-state index in [1.165, 1.54) is 6.42 Å². The third-order valence-corrected chi connectivity index (χ3v) is 5.37. The van der Waals surface area contributed by atoms with Gasteiger partial charge < -0.3 is 5.11 Å². The van der Waals surface area contributed by atoms with Crippen LogP contribution in [0.3, 0.4) is 0 Å². The van der Waals surface area contributed by atoms with E-state index in [1.807, 2.05) is 47.9 Å². The predicted molar refractivity (Wildman–Crippen MR) is 104 cm³/mol. The van der Waals surface area contributed by atoms with Crippen LogP contribution >= 0.6 is 0 Å². The number of nitrogens with zero attached hydrogens (tertiary/aromatic N) is 3. The lowest BCUT2D eigenvalue weighted by Gasteiger charge is -2.29. The first-order chi connectivity index (χ1) is 13.0. The van der Waals surface area contributed by atoms with Crippen molar-refractivity contribution in [3.8, 4) is 0 Å². The second-order valence-electron chi connectivity index (χ2n) is 7.56. The van der Waals surface area contributed by atoms with E-state index in [4.69, 9.17) is 0 Å². The summed E-state index contributed by atoms with van der Waals surface area (Å²) in [4.78, 5) is 21.8. The second-order valence-corrected chi connectivity index (χ2v) is 7.56. The van der Waals surface area contributed by atoms with Crippen LogP contribution < -0.4 is 5.32 Å². The summed E-state index contributed by atoms with van der Waals surface area (Å²) < 4.78 is 2.04. The first-order valence-electron chi connectivity index (χ1n) is 9.37. The average Bonchev–Trinajstić information content (AvgIpc) is 2.93. The number of benzene rings is 1. The lowest BCUT2D eigenvalue weighted by atomic mass is 9.92. The van der Waals surface area contributed by atoms with Crippen LogP contribution in [0.2, 0.25) is 0 Å². The number of fused-ring (bicyclic) bond motifs is 1. The highest BCUT2D eigenvalue weighted by Crippen LogP contribution is 2.37. The molecule has 1 amide bonds. The number of rotatable bonds is 5. The summed E-state index contributed by atoms with van der Waals surface area (Å²) in [5.74, 6) is 0.253. The number of aryl methyl sites for hydroxylation is 1. The number of carbonyl (C=O) groups is 1. The van der Waals surface area contributed by atoms with E-state index in [0.29, 0.717) is 17.6 Å². The van der Waals surface area contributed by atoms with Crippen molar-refractivity contribution in [2.24, 2.45) is 0 Å². The van der Waals surface area contributed by atoms with Gasteiger partial charge in [0.1, 0.15) is 5.52 Å². The largest absolute Gasteiger partial charge is 0.385 e. The Morgan fingerprint density at radius 1 is 1.30 bits per heavy atom. The normalized spacial score (nSPS) is 16.7. The van der Waals surface area contributed by atoms with Crippen molar-refractivity contribution in [3.05, 3.63) is 53.7 Å². The van der Waals surface area contributed by atoms with Gasteiger partial charge >= 0.3 is 0 Å². The number of hydrogen-bond donors (Lipinski definition) is 2. The molecule has 2 N–H and O–H groups in total. The zero-order valence-electron chi connectivity index (χ0n) is 15.6. The Morgan fingerprint density at radius 2 is 2.04 bits per heavy atom. The number of aliphatic hydroxyl groups is 1. The first kappa shape index (κ1) is 17.7. The maximum absolute atomic E-state index is 12.7. The molecule has 27 heavy (non-hydrogen) atoms. The smallest absolute Gasteiger partial charge is 0.229 e. The lowest BCUT2D eigenvalue weighted by Crippen LogP contribution is -2.30. The zero-order chi connectivity index (χ0) is 19.0. The van der Waals surface area contributed by atoms with Crippen LogP contribution in [0.25, 0.3) is 11.2 Å². The van der Waals surface area contributed by atoms with Gasteiger partial charge in [-0.2, -0.15) is 0 Å². The molecule has 1 atom stereocenters. The molecular formula is C21H24N4O2. The molecule has 0 aliphatic heterocycles. The highest BCUT2D eigenvalue weighted by atomic mass is 16.3. The molecule has 3 aromatic rings. The molecule has 0 saturated heterocycles. The Labute approximate surface area is 158 Å². The topological polar surface area (TPSA) is 80.0 Å². The average molecular weight is 364 g/mol. The Hall–Kier alpha value is -2.73. The van der Waals surface area contributed by atoms with E-state index in [9.17, 15) is 9.90 Å². The summed E-state index contributed by atoms with van der Waals surface area (Å²) in [7, 11) is 0. The van der Waals surface area contributed by atoms with Gasteiger partial charge in [0.2, 0.25) is 11.9 Å². The van der Waals surface area contributed by atoms with Crippen LogP contribution in [0.1, 0.15) is 49.8 Å². The zero-order valence-corrected chi connectivity index (χ0v) is 15.6. The SMILES string of the molecule is Cc1ccnc2c1nc(NC(=O)C[C@](C)(O)c1ccccc1)n2C1CCC1. The van der Waals surface area contributed by atoms with Crippen molar-refractivity contribution < 1.29 is 9.90 Å². The van der Waals surface area contributed by atoms with Crippen LogP contribution in [0.15, 0.2) is 42.6 Å². The molecule has 1 aromatic carbocycles. The molecule has 0 bridgehead atoms. The molecule has 0 spiro atoms. The fraction of sp³-hybridized carbons (Fsp3) is 0.381. The van der Waals surface area contributed by atoms with Crippen molar-refractivity contribution >= 4 is 23.0 Å². The van der Waals surface area contributed by atoms with Crippen LogP contribution in [-0.4, -0.2) is 25.5 Å². The second kappa shape index (κ2) is 6.78. The fourth-order valence-electron chi connectivity index (χ4n) is 3.57. The number of nitrogens with one attached hydrogen (secondary N) is 1. The Morgan fingerprint density at radius 3 is 2.70 bits per heavy atom. The van der Waals surface area contributed by atoms with Crippen molar-refractivity contribution in [2.45, 2.75) is 51.2 Å². The molecule has 1 aliphatic carbocycles. The van der Waals surface area contributed by atoms with Crippen molar-refractivity contribution in [1.29, 1.82) is 0 Å². The van der Waals surface area contributed by atoms with E-state index >= 15 is 0 Å². The number of amides is 1. The third-order valence-electron chi connectivity index (χ3n) is 5.37. The first-order valence-corrected chi connectivity index (χ1v) is 9.37. The van der Waals surface area contributed by atoms with Crippen molar-refractivity contribution in [3.63, 3.8) is 0 Å². The lowest BCUT2D eigenvalue weighted by molar-refractivity contribution is -0.120. The third kappa shape index (κ3) is 3.32. The van der Waals surface area contributed by atoms with Crippen LogP contribution in [0.4, 0.5) is 5.95 Å². The van der Waals surface area contributed by atoms with Gasteiger partial charge in [0.15, 0.2) is 5.65 Å². The Balaban J connectivity index is 1.61. The monoisotopic (exact) mass is 364 g/mol. The van der Waals surface area contributed by atoms with E-state index < -0.39 is 5.60 Å². The van der Waals surface area contributed by atoms with Gasteiger partial charge in [0.25, 0.3) is 0 Å². The van der Waals surface area contributed by atoms with E-state index in [1.54, 1.807) is 13.1 Å². The minimum Gasteiger partial charge on any atom is -0.385 e. The number of anilines is 1. The number of aromatic nitrogens is 3. The maximum atomic E-state index is 12.7. The summed E-state index contributed by atoms with van der Waals surface area (Å²) in [6, 6.07) is 11.5. The molecule has 140 valence electrons. The van der Waals surface area contributed by atoms with Gasteiger partial charge in [-0.25, -0.2) is 9.97 Å². The van der Waals surface area contributed by atoms with Gasteiger partial charge in [0.05, 0.1) is 12.0 Å². The molecule has 0 radical (unpaired) electrons. The summed E-state index contributed by atoms with van der Waals surface area (Å²) >= 11 is 0. The molecule has 6 nitrogen and oxygen atoms in total.